The average Bonchev–Trinajstić information content (AvgIpc) is 2.99. The lowest BCUT2D eigenvalue weighted by Gasteiger charge is -2.40. The summed E-state index contributed by atoms with van der Waals surface area (Å²) < 4.78 is 7.61. The van der Waals surface area contributed by atoms with Crippen molar-refractivity contribution in [3.05, 3.63) is 30.1 Å². The summed E-state index contributed by atoms with van der Waals surface area (Å²) in [6, 6.07) is 8.04. The van der Waals surface area contributed by atoms with E-state index < -0.39 is 0 Å². The molecule has 2 heterocycles. The molecular weight excluding hydrogens is 342 g/mol. The van der Waals surface area contributed by atoms with Crippen molar-refractivity contribution >= 4 is 17.1 Å². The maximum absolute atomic E-state index is 12.1. The van der Waals surface area contributed by atoms with Crippen LogP contribution in [0.5, 0.6) is 0 Å². The fourth-order valence-electron chi connectivity index (χ4n) is 3.56. The number of hydrogen-bond donors (Lipinski definition) is 2. The summed E-state index contributed by atoms with van der Waals surface area (Å²) in [7, 11) is 0. The second-order valence-electron chi connectivity index (χ2n) is 7.67. The minimum Gasteiger partial charge on any atom is -0.379 e. The van der Waals surface area contributed by atoms with E-state index in [1.807, 2.05) is 25.1 Å². The van der Waals surface area contributed by atoms with Gasteiger partial charge in [-0.1, -0.05) is 12.1 Å². The number of imidazole rings is 1. The van der Waals surface area contributed by atoms with Gasteiger partial charge in [0.25, 0.3) is 0 Å². The molecule has 0 aliphatic carbocycles. The molecule has 7 heteroatoms. The molecule has 2 amide bonds. The van der Waals surface area contributed by atoms with E-state index in [1.165, 1.54) is 0 Å². The molecule has 2 N–H and O–H groups in total. The predicted octanol–water partition coefficient (Wildman–Crippen LogP) is 2.14. The first-order valence-corrected chi connectivity index (χ1v) is 9.74. The van der Waals surface area contributed by atoms with Gasteiger partial charge < -0.3 is 19.9 Å². The summed E-state index contributed by atoms with van der Waals surface area (Å²) in [6.45, 7) is 11.8. The molecule has 2 aromatic rings. The molecule has 0 atom stereocenters. The van der Waals surface area contributed by atoms with Crippen molar-refractivity contribution in [3.63, 3.8) is 0 Å². The number of fused-ring (bicyclic) bond motifs is 1. The summed E-state index contributed by atoms with van der Waals surface area (Å²) in [6.07, 6.45) is 0.863. The van der Waals surface area contributed by atoms with Crippen LogP contribution >= 0.6 is 0 Å². The number of morpholine rings is 1. The topological polar surface area (TPSA) is 71.4 Å². The predicted molar refractivity (Wildman–Crippen MR) is 107 cm³/mol. The second-order valence-corrected chi connectivity index (χ2v) is 7.67. The molecule has 1 aliphatic rings. The third-order valence-electron chi connectivity index (χ3n) is 5.24. The van der Waals surface area contributed by atoms with Crippen LogP contribution in [-0.4, -0.2) is 65.4 Å². The lowest BCUT2D eigenvalue weighted by molar-refractivity contribution is -0.00874. The summed E-state index contributed by atoms with van der Waals surface area (Å²) in [5, 5.41) is 5.96. The molecule has 0 bridgehead atoms. The van der Waals surface area contributed by atoms with Gasteiger partial charge in [-0.25, -0.2) is 9.78 Å². The van der Waals surface area contributed by atoms with Crippen LogP contribution in [0.3, 0.4) is 0 Å². The molecule has 0 spiro atoms. The number of amides is 2. The van der Waals surface area contributed by atoms with Gasteiger partial charge in [-0.05, 0) is 39.3 Å². The lowest BCUT2D eigenvalue weighted by atomic mass is 10.0. The molecule has 0 radical (unpaired) electrons. The zero-order valence-electron chi connectivity index (χ0n) is 16.6. The number of hydrogen-bond acceptors (Lipinski definition) is 4. The van der Waals surface area contributed by atoms with Crippen LogP contribution in [0.2, 0.25) is 0 Å². The monoisotopic (exact) mass is 373 g/mol. The smallest absolute Gasteiger partial charge is 0.314 e. The highest BCUT2D eigenvalue weighted by Gasteiger charge is 2.28. The lowest BCUT2D eigenvalue weighted by Crippen LogP contribution is -2.56. The molecule has 1 aliphatic heterocycles. The van der Waals surface area contributed by atoms with Gasteiger partial charge in [0, 0.05) is 38.3 Å². The van der Waals surface area contributed by atoms with E-state index in [-0.39, 0.29) is 11.6 Å². The normalized spacial score (nSPS) is 15.8. The van der Waals surface area contributed by atoms with Crippen LogP contribution in [0.1, 0.15) is 26.1 Å². The van der Waals surface area contributed by atoms with E-state index in [2.05, 4.69) is 45.0 Å². The maximum Gasteiger partial charge on any atom is 0.314 e. The number of rotatable bonds is 7. The van der Waals surface area contributed by atoms with Gasteiger partial charge in [-0.3, -0.25) is 4.90 Å². The van der Waals surface area contributed by atoms with Crippen LogP contribution < -0.4 is 10.6 Å². The number of aromatic nitrogens is 2. The number of nitrogens with one attached hydrogen (secondary N) is 2. The Morgan fingerprint density at radius 1 is 1.22 bits per heavy atom. The number of benzene rings is 1. The largest absolute Gasteiger partial charge is 0.379 e. The van der Waals surface area contributed by atoms with Gasteiger partial charge in [-0.15, -0.1) is 0 Å². The first-order valence-electron chi connectivity index (χ1n) is 9.74. The van der Waals surface area contributed by atoms with Gasteiger partial charge in [0.15, 0.2) is 0 Å². The summed E-state index contributed by atoms with van der Waals surface area (Å²) in [5.41, 5.74) is 2.09. The van der Waals surface area contributed by atoms with Crippen LogP contribution in [-0.2, 0) is 11.3 Å². The number of urea groups is 1. The zero-order chi connectivity index (χ0) is 19.3. The average molecular weight is 374 g/mol. The molecule has 0 saturated carbocycles. The molecule has 0 unspecified atom stereocenters. The zero-order valence-corrected chi connectivity index (χ0v) is 16.6. The third kappa shape index (κ3) is 4.99. The molecule has 3 rings (SSSR count). The fraction of sp³-hybridized carbons (Fsp3) is 0.600. The van der Waals surface area contributed by atoms with Gasteiger partial charge in [0.05, 0.1) is 24.2 Å². The number of carbonyl (C=O) groups excluding carboxylic acids is 1. The molecule has 1 aromatic carbocycles. The van der Waals surface area contributed by atoms with Crippen LogP contribution in [0.25, 0.3) is 11.0 Å². The van der Waals surface area contributed by atoms with Gasteiger partial charge in [-0.2, -0.15) is 0 Å². The Hall–Kier alpha value is -2.12. The first-order chi connectivity index (χ1) is 13.0. The first kappa shape index (κ1) is 19.6. The highest BCUT2D eigenvalue weighted by molar-refractivity contribution is 5.76. The maximum atomic E-state index is 12.1. The molecule has 1 fully saturated rings. The van der Waals surface area contributed by atoms with Crippen molar-refractivity contribution in [2.45, 2.75) is 39.3 Å². The Balaban J connectivity index is 1.40. The molecular formula is C20H31N5O2. The SMILES string of the molecule is Cc1nc2ccccc2n1CCCNC(=O)NCC(C)(C)N1CCOCC1. The van der Waals surface area contributed by atoms with E-state index in [1.54, 1.807) is 0 Å². The summed E-state index contributed by atoms with van der Waals surface area (Å²) in [4.78, 5) is 19.1. The second kappa shape index (κ2) is 8.71. The Morgan fingerprint density at radius 3 is 2.74 bits per heavy atom. The van der Waals surface area contributed by atoms with Crippen LogP contribution in [0.4, 0.5) is 4.79 Å². The highest BCUT2D eigenvalue weighted by atomic mass is 16.5. The van der Waals surface area contributed by atoms with E-state index >= 15 is 0 Å². The molecule has 1 saturated heterocycles. The molecule has 27 heavy (non-hydrogen) atoms. The van der Waals surface area contributed by atoms with Crippen molar-refractivity contribution in [2.24, 2.45) is 0 Å². The van der Waals surface area contributed by atoms with Gasteiger partial charge in [0.1, 0.15) is 5.82 Å². The molecule has 148 valence electrons. The Morgan fingerprint density at radius 2 is 1.96 bits per heavy atom. The van der Waals surface area contributed by atoms with E-state index in [4.69, 9.17) is 4.74 Å². The van der Waals surface area contributed by atoms with Crippen LogP contribution in [0.15, 0.2) is 24.3 Å². The summed E-state index contributed by atoms with van der Waals surface area (Å²) in [5.74, 6) is 1.01. The quantitative estimate of drug-likeness (QED) is 0.730. The summed E-state index contributed by atoms with van der Waals surface area (Å²) >= 11 is 0. The van der Waals surface area contributed by atoms with Gasteiger partial charge in [0.2, 0.25) is 0 Å². The van der Waals surface area contributed by atoms with Gasteiger partial charge >= 0.3 is 6.03 Å². The van der Waals surface area contributed by atoms with Crippen molar-refractivity contribution < 1.29 is 9.53 Å². The van der Waals surface area contributed by atoms with Crippen LogP contribution in [0, 0.1) is 6.92 Å². The van der Waals surface area contributed by atoms with Crippen molar-refractivity contribution in [1.82, 2.24) is 25.1 Å². The minimum atomic E-state index is -0.108. The van der Waals surface area contributed by atoms with E-state index in [0.29, 0.717) is 13.1 Å². The van der Waals surface area contributed by atoms with Crippen molar-refractivity contribution in [3.8, 4) is 0 Å². The molecule has 7 nitrogen and oxygen atoms in total. The Kier molecular flexibility index (Phi) is 6.34. The standard InChI is InChI=1S/C20H31N5O2/c1-16-23-17-7-4-5-8-18(17)25(16)10-6-9-21-19(26)22-15-20(2,3)24-11-13-27-14-12-24/h4-5,7-8H,6,9-15H2,1-3H3,(H2,21,22,26). The number of ether oxygens (including phenoxy) is 1. The number of nitrogens with zero attached hydrogens (tertiary/aromatic N) is 3. The Bertz CT molecular complexity index is 765. The molecule has 1 aromatic heterocycles. The van der Waals surface area contributed by atoms with E-state index in [0.717, 1.165) is 56.1 Å². The number of carbonyl (C=O) groups is 1. The van der Waals surface area contributed by atoms with E-state index in [9.17, 15) is 4.79 Å². The number of para-hydroxylation sites is 2. The fourth-order valence-corrected chi connectivity index (χ4v) is 3.56. The van der Waals surface area contributed by atoms with Crippen molar-refractivity contribution in [2.75, 3.05) is 39.4 Å². The highest BCUT2D eigenvalue weighted by Crippen LogP contribution is 2.16. The Labute approximate surface area is 161 Å². The van der Waals surface area contributed by atoms with Crippen molar-refractivity contribution in [1.29, 1.82) is 0 Å². The number of aryl methyl sites for hydroxylation is 2. The third-order valence-corrected chi connectivity index (χ3v) is 5.24. The minimum absolute atomic E-state index is 0.0754.